The van der Waals surface area contributed by atoms with Crippen LogP contribution in [0.5, 0.6) is 5.75 Å². The first-order valence-electron chi connectivity index (χ1n) is 9.58. The van der Waals surface area contributed by atoms with E-state index in [1.165, 1.54) is 16.7 Å². The van der Waals surface area contributed by atoms with E-state index in [2.05, 4.69) is 30.3 Å². The summed E-state index contributed by atoms with van der Waals surface area (Å²) in [4.78, 5) is 2.48. The molecule has 3 nitrogen and oxygen atoms in total. The van der Waals surface area contributed by atoms with Crippen molar-refractivity contribution in [2.75, 3.05) is 20.1 Å². The van der Waals surface area contributed by atoms with Crippen molar-refractivity contribution in [3.05, 3.63) is 63.1 Å². The summed E-state index contributed by atoms with van der Waals surface area (Å²) in [6, 6.07) is 12.6. The molecule has 5 heteroatoms. The van der Waals surface area contributed by atoms with Crippen molar-refractivity contribution in [1.82, 2.24) is 10.2 Å². The van der Waals surface area contributed by atoms with Gasteiger partial charge in [0.15, 0.2) is 0 Å². The lowest BCUT2D eigenvalue weighted by molar-refractivity contribution is 0.0663. The molecule has 4 rings (SSSR count). The Labute approximate surface area is 171 Å². The van der Waals surface area contributed by atoms with E-state index in [-0.39, 0.29) is 5.41 Å². The second kappa shape index (κ2) is 7.29. The molecule has 2 aromatic carbocycles. The van der Waals surface area contributed by atoms with Crippen LogP contribution in [0.25, 0.3) is 0 Å². The van der Waals surface area contributed by atoms with E-state index in [0.29, 0.717) is 27.9 Å². The lowest BCUT2D eigenvalue weighted by atomic mass is 9.61. The van der Waals surface area contributed by atoms with Gasteiger partial charge in [0.05, 0.1) is 10.0 Å². The van der Waals surface area contributed by atoms with Gasteiger partial charge in [-0.2, -0.15) is 0 Å². The molecule has 0 aromatic heterocycles. The standard InChI is InChI=1S/C22H26Cl2N2O/c1-22-8-10-26(2)20(12-15-4-5-16(27)13-17(15)22)21(22)25-9-7-14-3-6-18(23)19(24)11-14/h3-6,11,13,20-21,25,27H,7-10,12H2,1-2H3/t20-,21-,22+/m1/s1. The average molecular weight is 405 g/mol. The number of nitrogens with one attached hydrogen (secondary N) is 1. The number of benzene rings is 2. The first-order chi connectivity index (χ1) is 12.9. The third-order valence-electron chi connectivity index (χ3n) is 6.52. The van der Waals surface area contributed by atoms with E-state index in [0.717, 1.165) is 32.4 Å². The van der Waals surface area contributed by atoms with Crippen molar-refractivity contribution in [2.24, 2.45) is 0 Å². The van der Waals surface area contributed by atoms with E-state index >= 15 is 0 Å². The number of likely N-dealkylation sites (N-methyl/N-ethyl adjacent to an activating group) is 1. The molecule has 1 aliphatic heterocycles. The van der Waals surface area contributed by atoms with Gasteiger partial charge in [0, 0.05) is 17.5 Å². The van der Waals surface area contributed by atoms with Gasteiger partial charge >= 0.3 is 0 Å². The van der Waals surface area contributed by atoms with Crippen molar-refractivity contribution in [3.8, 4) is 5.75 Å². The summed E-state index contributed by atoms with van der Waals surface area (Å²) in [6.45, 7) is 4.32. The molecule has 2 bridgehead atoms. The van der Waals surface area contributed by atoms with Crippen LogP contribution in [0.15, 0.2) is 36.4 Å². The van der Waals surface area contributed by atoms with E-state index in [4.69, 9.17) is 23.2 Å². The highest BCUT2D eigenvalue weighted by Gasteiger charge is 2.49. The van der Waals surface area contributed by atoms with Crippen LogP contribution in [0.4, 0.5) is 0 Å². The third kappa shape index (κ3) is 3.47. The van der Waals surface area contributed by atoms with Crippen molar-refractivity contribution in [3.63, 3.8) is 0 Å². The fourth-order valence-electron chi connectivity index (χ4n) is 4.91. The zero-order chi connectivity index (χ0) is 19.2. The van der Waals surface area contributed by atoms with Gasteiger partial charge in [0.2, 0.25) is 0 Å². The molecular weight excluding hydrogens is 379 g/mol. The van der Waals surface area contributed by atoms with Crippen LogP contribution in [0.3, 0.4) is 0 Å². The number of halogens is 2. The smallest absolute Gasteiger partial charge is 0.115 e. The number of piperidine rings is 1. The van der Waals surface area contributed by atoms with Crippen molar-refractivity contribution in [1.29, 1.82) is 0 Å². The Bertz CT molecular complexity index is 856. The molecule has 1 saturated heterocycles. The molecule has 0 saturated carbocycles. The lowest BCUT2D eigenvalue weighted by Gasteiger charge is -2.55. The van der Waals surface area contributed by atoms with Gasteiger partial charge in [-0.3, -0.25) is 0 Å². The molecule has 0 unspecified atom stereocenters. The van der Waals surface area contributed by atoms with Gasteiger partial charge in [-0.05, 0) is 80.4 Å². The Morgan fingerprint density at radius 3 is 2.78 bits per heavy atom. The quantitative estimate of drug-likeness (QED) is 0.791. The third-order valence-corrected chi connectivity index (χ3v) is 7.26. The summed E-state index contributed by atoms with van der Waals surface area (Å²) in [5, 5.41) is 15.1. The maximum atomic E-state index is 10.1. The number of phenolic OH excluding ortho intramolecular Hbond substituents is 1. The van der Waals surface area contributed by atoms with Gasteiger partial charge < -0.3 is 15.3 Å². The number of aromatic hydroxyl groups is 1. The largest absolute Gasteiger partial charge is 0.508 e. The zero-order valence-electron chi connectivity index (χ0n) is 15.8. The minimum atomic E-state index is 0.0289. The number of rotatable bonds is 4. The van der Waals surface area contributed by atoms with Gasteiger partial charge in [0.1, 0.15) is 5.75 Å². The zero-order valence-corrected chi connectivity index (χ0v) is 17.3. The fraction of sp³-hybridized carbons (Fsp3) is 0.455. The maximum Gasteiger partial charge on any atom is 0.115 e. The first-order valence-corrected chi connectivity index (χ1v) is 10.3. The lowest BCUT2D eigenvalue weighted by Crippen LogP contribution is -2.66. The van der Waals surface area contributed by atoms with Crippen LogP contribution in [-0.2, 0) is 18.3 Å². The summed E-state index contributed by atoms with van der Waals surface area (Å²) in [5.41, 5.74) is 3.89. The van der Waals surface area contributed by atoms with Crippen LogP contribution in [-0.4, -0.2) is 42.2 Å². The monoisotopic (exact) mass is 404 g/mol. The SMILES string of the molecule is CN1CC[C@@]2(C)c3cc(O)ccc3C[C@@H]1[C@H]2NCCc1ccc(Cl)c(Cl)c1. The van der Waals surface area contributed by atoms with Crippen molar-refractivity contribution in [2.45, 2.75) is 43.7 Å². The highest BCUT2D eigenvalue weighted by atomic mass is 35.5. The maximum absolute atomic E-state index is 10.1. The van der Waals surface area contributed by atoms with Crippen molar-refractivity contribution >= 4 is 23.2 Å². The molecule has 0 radical (unpaired) electrons. The number of likely N-dealkylation sites (tertiary alicyclic amines) is 1. The molecule has 0 spiro atoms. The minimum absolute atomic E-state index is 0.0289. The Morgan fingerprint density at radius 1 is 1.19 bits per heavy atom. The van der Waals surface area contributed by atoms with Gasteiger partial charge in [-0.25, -0.2) is 0 Å². The molecule has 1 fully saturated rings. The van der Waals surface area contributed by atoms with Crippen LogP contribution in [0.1, 0.15) is 30.0 Å². The molecule has 1 heterocycles. The molecule has 3 atom stereocenters. The molecular formula is C22H26Cl2N2O. The average Bonchev–Trinajstić information content (AvgIpc) is 2.64. The topological polar surface area (TPSA) is 35.5 Å². The number of hydrogen-bond donors (Lipinski definition) is 2. The highest BCUT2D eigenvalue weighted by molar-refractivity contribution is 6.42. The van der Waals surface area contributed by atoms with Gasteiger partial charge in [-0.1, -0.05) is 42.3 Å². The van der Waals surface area contributed by atoms with E-state index < -0.39 is 0 Å². The van der Waals surface area contributed by atoms with Gasteiger partial charge in [-0.15, -0.1) is 0 Å². The molecule has 1 aliphatic carbocycles. The normalized spacial score (nSPS) is 27.4. The number of hydrogen-bond acceptors (Lipinski definition) is 3. The Balaban J connectivity index is 1.55. The number of nitrogens with zero attached hydrogens (tertiary/aromatic N) is 1. The minimum Gasteiger partial charge on any atom is -0.508 e. The van der Waals surface area contributed by atoms with Crippen LogP contribution in [0, 0.1) is 0 Å². The van der Waals surface area contributed by atoms with Gasteiger partial charge in [0.25, 0.3) is 0 Å². The molecule has 2 N–H and O–H groups in total. The van der Waals surface area contributed by atoms with E-state index in [1.54, 1.807) is 0 Å². The summed E-state index contributed by atoms with van der Waals surface area (Å²) >= 11 is 12.2. The van der Waals surface area contributed by atoms with E-state index in [9.17, 15) is 5.11 Å². The predicted molar refractivity (Wildman–Crippen MR) is 112 cm³/mol. The predicted octanol–water partition coefficient (Wildman–Crippen LogP) is 4.42. The summed E-state index contributed by atoms with van der Waals surface area (Å²) in [7, 11) is 2.23. The fourth-order valence-corrected chi connectivity index (χ4v) is 5.23. The van der Waals surface area contributed by atoms with Crippen LogP contribution >= 0.6 is 23.2 Å². The van der Waals surface area contributed by atoms with Crippen LogP contribution < -0.4 is 5.32 Å². The Hall–Kier alpha value is -1.26. The number of phenols is 1. The molecule has 27 heavy (non-hydrogen) atoms. The summed E-state index contributed by atoms with van der Waals surface area (Å²) < 4.78 is 0. The van der Waals surface area contributed by atoms with E-state index in [1.807, 2.05) is 30.3 Å². The van der Waals surface area contributed by atoms with Crippen molar-refractivity contribution < 1.29 is 5.11 Å². The Kier molecular flexibility index (Phi) is 5.15. The summed E-state index contributed by atoms with van der Waals surface area (Å²) in [6.07, 6.45) is 3.01. The molecule has 2 aliphatic rings. The second-order valence-corrected chi connectivity index (χ2v) is 9.01. The second-order valence-electron chi connectivity index (χ2n) is 8.19. The Morgan fingerprint density at radius 2 is 2.00 bits per heavy atom. The molecule has 2 aromatic rings. The molecule has 0 amide bonds. The van der Waals surface area contributed by atoms with Crippen LogP contribution in [0.2, 0.25) is 10.0 Å². The summed E-state index contributed by atoms with van der Waals surface area (Å²) in [5.74, 6) is 0.363. The number of fused-ring (bicyclic) bond motifs is 4. The first kappa shape index (κ1) is 19.1. The highest BCUT2D eigenvalue weighted by Crippen LogP contribution is 2.45. The molecule has 144 valence electrons.